The maximum absolute atomic E-state index is 13.7. The highest BCUT2D eigenvalue weighted by Gasteiger charge is 2.22. The number of aromatic nitrogens is 3. The quantitative estimate of drug-likeness (QED) is 0.276. The molecule has 0 bridgehead atoms. The van der Waals surface area contributed by atoms with Crippen molar-refractivity contribution >= 4 is 39.8 Å². The Morgan fingerprint density at radius 2 is 1.89 bits per heavy atom. The number of nitrogens with zero attached hydrogens (tertiary/aromatic N) is 4. The second kappa shape index (κ2) is 10.5. The molecular formula is C27H27ClF2N6O. The van der Waals surface area contributed by atoms with Crippen molar-refractivity contribution in [2.75, 3.05) is 30.8 Å². The van der Waals surface area contributed by atoms with Crippen LogP contribution >= 0.6 is 11.6 Å². The van der Waals surface area contributed by atoms with Crippen molar-refractivity contribution in [3.05, 3.63) is 70.6 Å². The van der Waals surface area contributed by atoms with Gasteiger partial charge in [-0.3, -0.25) is 9.88 Å². The Balaban J connectivity index is 1.53. The fraction of sp³-hybridized carbons (Fsp3) is 0.296. The Morgan fingerprint density at radius 1 is 1.14 bits per heavy atom. The molecule has 1 atom stereocenters. The molecule has 10 heteroatoms. The molecule has 0 amide bonds. The molecule has 1 aliphatic heterocycles. The number of likely N-dealkylation sites (tertiary alicyclic amines) is 1. The number of anilines is 3. The summed E-state index contributed by atoms with van der Waals surface area (Å²) in [5.41, 5.74) is 5.71. The van der Waals surface area contributed by atoms with Gasteiger partial charge in [0.2, 0.25) is 0 Å². The summed E-state index contributed by atoms with van der Waals surface area (Å²) >= 11 is 6.63. The Morgan fingerprint density at radius 3 is 2.59 bits per heavy atom. The highest BCUT2D eigenvalue weighted by atomic mass is 35.5. The molecular weight excluding hydrogens is 498 g/mol. The molecule has 0 spiro atoms. The standard InChI is InChI=1S/C27H27ClF2N6O/c1-15-18(19-6-4-8-21(31-2)23(19)28)5-3-7-20(15)33-26-24-22(34-27(35-26)25(29)30)11-16(12-32-24)13-36-10-9-17(37)14-36/h3-8,11-12,17,25,31,37H,9-10,13-14H2,1-2H3,(H,33,34,35). The predicted molar refractivity (Wildman–Crippen MR) is 143 cm³/mol. The lowest BCUT2D eigenvalue weighted by Gasteiger charge is -2.17. The molecule has 1 aliphatic rings. The Hall–Kier alpha value is -3.40. The van der Waals surface area contributed by atoms with Crippen LogP contribution in [0.1, 0.15) is 29.8 Å². The molecule has 1 unspecified atom stereocenters. The number of halogens is 3. The number of β-amino-alcohol motifs (C(OH)–C–C–N with tert-alkyl or cyclic N) is 1. The summed E-state index contributed by atoms with van der Waals surface area (Å²) in [6, 6.07) is 13.2. The van der Waals surface area contributed by atoms with E-state index in [1.165, 1.54) is 0 Å². The Kier molecular flexibility index (Phi) is 7.19. The lowest BCUT2D eigenvalue weighted by Crippen LogP contribution is -2.21. The van der Waals surface area contributed by atoms with Gasteiger partial charge in [-0.2, -0.15) is 0 Å². The summed E-state index contributed by atoms with van der Waals surface area (Å²) in [6.45, 7) is 3.85. The number of aliphatic hydroxyl groups is 1. The van der Waals surface area contributed by atoms with Crippen molar-refractivity contribution in [2.24, 2.45) is 0 Å². The van der Waals surface area contributed by atoms with E-state index in [1.807, 2.05) is 50.4 Å². The number of pyridine rings is 1. The minimum atomic E-state index is -2.84. The average Bonchev–Trinajstić information content (AvgIpc) is 3.29. The normalized spacial score (nSPS) is 16.0. The first-order chi connectivity index (χ1) is 17.8. The fourth-order valence-electron chi connectivity index (χ4n) is 4.69. The van der Waals surface area contributed by atoms with Gasteiger partial charge in [-0.15, -0.1) is 0 Å². The summed E-state index contributed by atoms with van der Waals surface area (Å²) in [7, 11) is 1.81. The van der Waals surface area contributed by atoms with Crippen LogP contribution in [0.15, 0.2) is 48.7 Å². The molecule has 2 aromatic carbocycles. The van der Waals surface area contributed by atoms with Gasteiger partial charge in [0.25, 0.3) is 6.43 Å². The number of rotatable bonds is 7. The summed E-state index contributed by atoms with van der Waals surface area (Å²) in [5, 5.41) is 16.7. The van der Waals surface area contributed by atoms with E-state index in [-0.39, 0.29) is 11.9 Å². The maximum Gasteiger partial charge on any atom is 0.297 e. The Labute approximate surface area is 218 Å². The zero-order chi connectivity index (χ0) is 26.1. The molecule has 3 heterocycles. The minimum Gasteiger partial charge on any atom is -0.392 e. The van der Waals surface area contributed by atoms with E-state index in [0.29, 0.717) is 34.8 Å². The van der Waals surface area contributed by atoms with Crippen molar-refractivity contribution in [3.8, 4) is 11.1 Å². The smallest absolute Gasteiger partial charge is 0.297 e. The number of fused-ring (bicyclic) bond motifs is 1. The number of hydrogen-bond acceptors (Lipinski definition) is 7. The van der Waals surface area contributed by atoms with Crippen LogP contribution in [0.5, 0.6) is 0 Å². The molecule has 4 aromatic rings. The van der Waals surface area contributed by atoms with Crippen molar-refractivity contribution in [1.29, 1.82) is 0 Å². The first-order valence-corrected chi connectivity index (χ1v) is 12.4. The summed E-state index contributed by atoms with van der Waals surface area (Å²) in [4.78, 5) is 14.8. The van der Waals surface area contributed by atoms with Crippen LogP contribution in [-0.2, 0) is 6.54 Å². The number of aliphatic hydroxyl groups excluding tert-OH is 1. The van der Waals surface area contributed by atoms with E-state index in [0.717, 1.165) is 40.9 Å². The predicted octanol–water partition coefficient (Wildman–Crippen LogP) is 5.94. The zero-order valence-corrected chi connectivity index (χ0v) is 21.2. The van der Waals surface area contributed by atoms with Gasteiger partial charge in [0.05, 0.1) is 22.3 Å². The molecule has 2 aromatic heterocycles. The van der Waals surface area contributed by atoms with E-state index in [2.05, 4.69) is 30.5 Å². The van der Waals surface area contributed by atoms with Crippen molar-refractivity contribution in [1.82, 2.24) is 19.9 Å². The maximum atomic E-state index is 13.7. The van der Waals surface area contributed by atoms with Crippen molar-refractivity contribution in [2.45, 2.75) is 32.4 Å². The molecule has 3 N–H and O–H groups in total. The van der Waals surface area contributed by atoms with Crippen LogP contribution in [0.2, 0.25) is 5.02 Å². The Bertz CT molecular complexity index is 1450. The summed E-state index contributed by atoms with van der Waals surface area (Å²) in [6.07, 6.45) is -0.754. The van der Waals surface area contributed by atoms with E-state index in [9.17, 15) is 13.9 Å². The van der Waals surface area contributed by atoms with Gasteiger partial charge in [-0.05, 0) is 48.2 Å². The van der Waals surface area contributed by atoms with Gasteiger partial charge >= 0.3 is 0 Å². The first kappa shape index (κ1) is 25.3. The van der Waals surface area contributed by atoms with Crippen LogP contribution in [-0.4, -0.2) is 51.2 Å². The third kappa shape index (κ3) is 5.20. The van der Waals surface area contributed by atoms with Crippen molar-refractivity contribution in [3.63, 3.8) is 0 Å². The van der Waals surface area contributed by atoms with Gasteiger partial charge in [0.15, 0.2) is 11.6 Å². The number of benzene rings is 2. The molecule has 1 fully saturated rings. The van der Waals surface area contributed by atoms with Crippen LogP contribution in [0.4, 0.5) is 26.0 Å². The van der Waals surface area contributed by atoms with Gasteiger partial charge in [0.1, 0.15) is 5.52 Å². The molecule has 192 valence electrons. The fourth-order valence-corrected chi connectivity index (χ4v) is 5.01. The topological polar surface area (TPSA) is 86.2 Å². The lowest BCUT2D eigenvalue weighted by atomic mass is 9.98. The SMILES string of the molecule is CNc1cccc(-c2cccc(Nc3nc(C(F)F)nc4cc(CN5CCC(O)C5)cnc34)c2C)c1Cl. The highest BCUT2D eigenvalue weighted by Crippen LogP contribution is 2.38. The average molecular weight is 525 g/mol. The van der Waals surface area contributed by atoms with E-state index < -0.39 is 12.2 Å². The van der Waals surface area contributed by atoms with Crippen LogP contribution in [0, 0.1) is 6.92 Å². The number of hydrogen-bond donors (Lipinski definition) is 3. The third-order valence-electron chi connectivity index (χ3n) is 6.60. The second-order valence-electron chi connectivity index (χ2n) is 9.14. The zero-order valence-electron chi connectivity index (χ0n) is 20.5. The molecule has 7 nitrogen and oxygen atoms in total. The third-order valence-corrected chi connectivity index (χ3v) is 7.01. The van der Waals surface area contributed by atoms with E-state index in [4.69, 9.17) is 11.6 Å². The van der Waals surface area contributed by atoms with Gasteiger partial charge < -0.3 is 15.7 Å². The molecule has 1 saturated heterocycles. The van der Waals surface area contributed by atoms with Crippen molar-refractivity contribution < 1.29 is 13.9 Å². The monoisotopic (exact) mass is 524 g/mol. The first-order valence-electron chi connectivity index (χ1n) is 12.0. The molecule has 0 saturated carbocycles. The minimum absolute atomic E-state index is 0.207. The molecule has 5 rings (SSSR count). The molecule has 0 radical (unpaired) electrons. The van der Waals surface area contributed by atoms with Crippen LogP contribution in [0.3, 0.4) is 0 Å². The van der Waals surface area contributed by atoms with Crippen LogP contribution < -0.4 is 10.6 Å². The summed E-state index contributed by atoms with van der Waals surface area (Å²) in [5.74, 6) is -0.358. The van der Waals surface area contributed by atoms with Gasteiger partial charge in [-0.25, -0.2) is 18.7 Å². The number of alkyl halides is 2. The molecule has 37 heavy (non-hydrogen) atoms. The lowest BCUT2D eigenvalue weighted by molar-refractivity contribution is 0.141. The highest BCUT2D eigenvalue weighted by molar-refractivity contribution is 6.36. The van der Waals surface area contributed by atoms with Crippen LogP contribution in [0.25, 0.3) is 22.2 Å². The van der Waals surface area contributed by atoms with Gasteiger partial charge in [0, 0.05) is 44.1 Å². The number of nitrogens with one attached hydrogen (secondary N) is 2. The van der Waals surface area contributed by atoms with Gasteiger partial charge in [-0.1, -0.05) is 35.9 Å². The summed E-state index contributed by atoms with van der Waals surface area (Å²) < 4.78 is 27.5. The molecule has 0 aliphatic carbocycles. The van der Waals surface area contributed by atoms with E-state index in [1.54, 1.807) is 12.3 Å². The van der Waals surface area contributed by atoms with E-state index >= 15 is 0 Å². The largest absolute Gasteiger partial charge is 0.392 e. The second-order valence-corrected chi connectivity index (χ2v) is 9.52.